The third-order valence-corrected chi connectivity index (χ3v) is 1.37. The zero-order valence-electron chi connectivity index (χ0n) is 7.92. The number of hydrogen-bond acceptors (Lipinski definition) is 2. The van der Waals surface area contributed by atoms with Crippen molar-refractivity contribution in [2.45, 2.75) is 20.8 Å². The molecule has 0 rings (SSSR count). The lowest BCUT2D eigenvalue weighted by Gasteiger charge is -2.03. The molecule has 3 N–H and O–H groups in total. The summed E-state index contributed by atoms with van der Waals surface area (Å²) in [4.78, 5) is 14.8. The molecule has 0 fully saturated rings. The number of rotatable bonds is 4. The van der Waals surface area contributed by atoms with E-state index in [1.54, 1.807) is 0 Å². The summed E-state index contributed by atoms with van der Waals surface area (Å²) in [7, 11) is 0. The maximum absolute atomic E-state index is 10.9. The SMILES string of the molecule is CCNC(=O)CN=C(N)C(C)C. The summed E-state index contributed by atoms with van der Waals surface area (Å²) in [6.07, 6.45) is 0. The first-order chi connectivity index (χ1) is 5.57. The predicted octanol–water partition coefficient (Wildman–Crippen LogP) is 0.136. The number of hydrogen-bond donors (Lipinski definition) is 2. The number of amidine groups is 1. The number of nitrogens with one attached hydrogen (secondary N) is 1. The summed E-state index contributed by atoms with van der Waals surface area (Å²) in [6.45, 7) is 6.52. The molecule has 0 aromatic heterocycles. The first kappa shape index (κ1) is 10.9. The van der Waals surface area contributed by atoms with E-state index in [9.17, 15) is 4.79 Å². The molecule has 12 heavy (non-hydrogen) atoms. The van der Waals surface area contributed by atoms with Gasteiger partial charge in [-0.1, -0.05) is 13.8 Å². The van der Waals surface area contributed by atoms with Gasteiger partial charge in [0.1, 0.15) is 6.54 Å². The van der Waals surface area contributed by atoms with Crippen LogP contribution in [0.3, 0.4) is 0 Å². The molecule has 0 saturated heterocycles. The van der Waals surface area contributed by atoms with E-state index in [1.165, 1.54) is 0 Å². The Morgan fingerprint density at radius 1 is 1.58 bits per heavy atom. The van der Waals surface area contributed by atoms with Gasteiger partial charge in [-0.2, -0.15) is 0 Å². The van der Waals surface area contributed by atoms with Crippen molar-refractivity contribution < 1.29 is 4.79 Å². The fourth-order valence-corrected chi connectivity index (χ4v) is 0.599. The van der Waals surface area contributed by atoms with Gasteiger partial charge in [-0.25, -0.2) is 0 Å². The molecule has 0 spiro atoms. The van der Waals surface area contributed by atoms with Gasteiger partial charge in [0.15, 0.2) is 0 Å². The molecule has 0 aromatic rings. The molecule has 0 atom stereocenters. The van der Waals surface area contributed by atoms with Gasteiger partial charge in [0.05, 0.1) is 5.84 Å². The van der Waals surface area contributed by atoms with Crippen LogP contribution in [-0.4, -0.2) is 24.8 Å². The molecule has 1 amide bonds. The molecule has 0 aliphatic carbocycles. The smallest absolute Gasteiger partial charge is 0.241 e. The van der Waals surface area contributed by atoms with Gasteiger partial charge < -0.3 is 11.1 Å². The summed E-state index contributed by atoms with van der Waals surface area (Å²) in [5.41, 5.74) is 5.53. The Balaban J connectivity index is 3.79. The molecule has 0 aromatic carbocycles. The number of aliphatic imine (C=N–C) groups is 1. The quantitative estimate of drug-likeness (QED) is 0.466. The number of nitrogens with two attached hydrogens (primary N) is 1. The lowest BCUT2D eigenvalue weighted by atomic mass is 10.2. The third kappa shape index (κ3) is 4.71. The van der Waals surface area contributed by atoms with E-state index >= 15 is 0 Å². The van der Waals surface area contributed by atoms with Crippen molar-refractivity contribution in [1.82, 2.24) is 5.32 Å². The lowest BCUT2D eigenvalue weighted by molar-refractivity contribution is -0.119. The Morgan fingerprint density at radius 2 is 2.17 bits per heavy atom. The highest BCUT2D eigenvalue weighted by Gasteiger charge is 2.00. The molecule has 0 heterocycles. The first-order valence-electron chi connectivity index (χ1n) is 4.14. The Labute approximate surface area is 73.2 Å². The molecule has 70 valence electrons. The molecule has 4 nitrogen and oxygen atoms in total. The van der Waals surface area contributed by atoms with Crippen molar-refractivity contribution >= 4 is 11.7 Å². The van der Waals surface area contributed by atoms with Crippen molar-refractivity contribution in [2.75, 3.05) is 13.1 Å². The highest BCUT2D eigenvalue weighted by Crippen LogP contribution is 1.90. The van der Waals surface area contributed by atoms with Gasteiger partial charge in [-0.05, 0) is 6.92 Å². The van der Waals surface area contributed by atoms with Crippen LogP contribution in [0, 0.1) is 5.92 Å². The van der Waals surface area contributed by atoms with Crippen LogP contribution in [0.25, 0.3) is 0 Å². The zero-order valence-corrected chi connectivity index (χ0v) is 7.92. The zero-order chi connectivity index (χ0) is 9.56. The second kappa shape index (κ2) is 5.57. The van der Waals surface area contributed by atoms with Gasteiger partial charge in [0.25, 0.3) is 0 Å². The van der Waals surface area contributed by atoms with E-state index in [0.29, 0.717) is 12.4 Å². The van der Waals surface area contributed by atoms with Gasteiger partial charge in [0.2, 0.25) is 5.91 Å². The predicted molar refractivity (Wildman–Crippen MR) is 50.0 cm³/mol. The van der Waals surface area contributed by atoms with Crippen molar-refractivity contribution in [3.8, 4) is 0 Å². The Bertz CT molecular complexity index is 175. The minimum absolute atomic E-state index is 0.0823. The van der Waals surface area contributed by atoms with Crippen molar-refractivity contribution in [3.63, 3.8) is 0 Å². The van der Waals surface area contributed by atoms with Crippen LogP contribution in [0.1, 0.15) is 20.8 Å². The molecule has 0 bridgehead atoms. The Morgan fingerprint density at radius 3 is 2.58 bits per heavy atom. The van der Waals surface area contributed by atoms with Gasteiger partial charge in [-0.15, -0.1) is 0 Å². The second-order valence-corrected chi connectivity index (χ2v) is 2.85. The van der Waals surface area contributed by atoms with Gasteiger partial charge in [0, 0.05) is 12.5 Å². The Kier molecular flexibility index (Phi) is 5.08. The average Bonchev–Trinajstić information content (AvgIpc) is 2.00. The fraction of sp³-hybridized carbons (Fsp3) is 0.750. The number of likely N-dealkylation sites (N-methyl/N-ethyl adjacent to an activating group) is 1. The summed E-state index contributed by atoms with van der Waals surface area (Å²) in [5.74, 6) is 0.654. The van der Waals surface area contributed by atoms with Crippen LogP contribution in [-0.2, 0) is 4.79 Å². The van der Waals surface area contributed by atoms with Crippen molar-refractivity contribution in [3.05, 3.63) is 0 Å². The topological polar surface area (TPSA) is 67.5 Å². The molecular formula is C8H17N3O. The van der Waals surface area contributed by atoms with Crippen LogP contribution < -0.4 is 11.1 Å². The van der Waals surface area contributed by atoms with E-state index in [-0.39, 0.29) is 18.4 Å². The monoisotopic (exact) mass is 171 g/mol. The van der Waals surface area contributed by atoms with Crippen LogP contribution >= 0.6 is 0 Å². The molecule has 4 heteroatoms. The average molecular weight is 171 g/mol. The molecule has 0 aliphatic heterocycles. The number of carbonyl (C=O) groups excluding carboxylic acids is 1. The van der Waals surface area contributed by atoms with Crippen LogP contribution in [0.5, 0.6) is 0 Å². The van der Waals surface area contributed by atoms with Crippen LogP contribution in [0.15, 0.2) is 4.99 Å². The number of nitrogens with zero attached hydrogens (tertiary/aromatic N) is 1. The highest BCUT2D eigenvalue weighted by atomic mass is 16.1. The first-order valence-corrected chi connectivity index (χ1v) is 4.14. The molecular weight excluding hydrogens is 154 g/mol. The molecule has 0 aliphatic rings. The third-order valence-electron chi connectivity index (χ3n) is 1.37. The van der Waals surface area contributed by atoms with Crippen molar-refractivity contribution in [2.24, 2.45) is 16.6 Å². The lowest BCUT2D eigenvalue weighted by Crippen LogP contribution is -2.27. The van der Waals surface area contributed by atoms with E-state index in [4.69, 9.17) is 5.73 Å². The summed E-state index contributed by atoms with van der Waals surface area (Å²) >= 11 is 0. The highest BCUT2D eigenvalue weighted by molar-refractivity contribution is 5.86. The molecule has 0 radical (unpaired) electrons. The minimum Gasteiger partial charge on any atom is -0.387 e. The van der Waals surface area contributed by atoms with Gasteiger partial charge >= 0.3 is 0 Å². The minimum atomic E-state index is -0.0823. The van der Waals surface area contributed by atoms with Crippen LogP contribution in [0.2, 0.25) is 0 Å². The second-order valence-electron chi connectivity index (χ2n) is 2.85. The maximum atomic E-state index is 10.9. The number of carbonyl (C=O) groups is 1. The molecule has 0 unspecified atom stereocenters. The van der Waals surface area contributed by atoms with E-state index in [0.717, 1.165) is 0 Å². The van der Waals surface area contributed by atoms with Crippen LogP contribution in [0.4, 0.5) is 0 Å². The van der Waals surface area contributed by atoms with E-state index in [1.807, 2.05) is 20.8 Å². The van der Waals surface area contributed by atoms with Crippen molar-refractivity contribution in [1.29, 1.82) is 0 Å². The van der Waals surface area contributed by atoms with E-state index in [2.05, 4.69) is 10.3 Å². The number of amides is 1. The summed E-state index contributed by atoms with van der Waals surface area (Å²) in [6, 6.07) is 0. The van der Waals surface area contributed by atoms with Gasteiger partial charge in [-0.3, -0.25) is 9.79 Å². The fourth-order valence-electron chi connectivity index (χ4n) is 0.599. The maximum Gasteiger partial charge on any atom is 0.241 e. The largest absolute Gasteiger partial charge is 0.387 e. The summed E-state index contributed by atoms with van der Waals surface area (Å²) in [5, 5.41) is 2.64. The normalized spacial score (nSPS) is 11.8. The van der Waals surface area contributed by atoms with E-state index < -0.39 is 0 Å². The Hall–Kier alpha value is -1.06. The standard InChI is InChI=1S/C8H17N3O/c1-4-10-7(12)5-11-8(9)6(2)3/h6H,4-5H2,1-3H3,(H2,9,11)(H,10,12). The summed E-state index contributed by atoms with van der Waals surface area (Å²) < 4.78 is 0. The molecule has 0 saturated carbocycles.